The second kappa shape index (κ2) is 9.00. The topological polar surface area (TPSA) is 49.3 Å². The quantitative estimate of drug-likeness (QED) is 0.254. The van der Waals surface area contributed by atoms with Crippen LogP contribution in [0.5, 0.6) is 23.0 Å². The molecular weight excluding hydrogens is 496 g/mol. The van der Waals surface area contributed by atoms with E-state index in [-0.39, 0.29) is 12.3 Å². The van der Waals surface area contributed by atoms with Gasteiger partial charge in [0.1, 0.15) is 23.9 Å². The molecule has 3 aliphatic rings. The van der Waals surface area contributed by atoms with Crippen molar-refractivity contribution in [3.05, 3.63) is 138 Å². The third-order valence-corrected chi connectivity index (χ3v) is 7.75. The molecule has 6 nitrogen and oxygen atoms in total. The van der Waals surface area contributed by atoms with E-state index in [1.165, 1.54) is 0 Å². The van der Waals surface area contributed by atoms with E-state index in [4.69, 9.17) is 14.5 Å². The van der Waals surface area contributed by atoms with Crippen LogP contribution < -0.4 is 19.7 Å². The molecule has 0 aliphatic carbocycles. The summed E-state index contributed by atoms with van der Waals surface area (Å²) in [7, 11) is 2.11. The second-order valence-electron chi connectivity index (χ2n) is 10.1. The van der Waals surface area contributed by atoms with Crippen molar-refractivity contribution in [2.24, 2.45) is 4.99 Å². The summed E-state index contributed by atoms with van der Waals surface area (Å²) in [5.41, 5.74) is 6.09. The van der Waals surface area contributed by atoms with Crippen LogP contribution in [0.25, 0.3) is 0 Å². The van der Waals surface area contributed by atoms with E-state index in [9.17, 15) is 0 Å². The molecule has 8 rings (SSSR count). The number of aliphatic imine (C=N–C) groups is 1. The van der Waals surface area contributed by atoms with Crippen molar-refractivity contribution in [1.82, 2.24) is 10.2 Å². The highest BCUT2D eigenvalue weighted by Gasteiger charge is 2.39. The first kappa shape index (κ1) is 22.9. The largest absolute Gasteiger partial charge is 0.453 e. The van der Waals surface area contributed by atoms with Gasteiger partial charge in [-0.2, -0.15) is 0 Å². The Morgan fingerprint density at radius 1 is 0.650 bits per heavy atom. The molecule has 0 bridgehead atoms. The zero-order valence-corrected chi connectivity index (χ0v) is 21.9. The molecule has 6 heteroatoms. The highest BCUT2D eigenvalue weighted by molar-refractivity contribution is 6.00. The third-order valence-electron chi connectivity index (χ3n) is 7.75. The number of hydrogen-bond acceptors (Lipinski definition) is 6. The fourth-order valence-corrected chi connectivity index (χ4v) is 5.87. The molecule has 2 unspecified atom stereocenters. The Hall–Kier alpha value is -5.07. The van der Waals surface area contributed by atoms with Crippen LogP contribution in [-0.4, -0.2) is 17.8 Å². The molecule has 5 aromatic carbocycles. The van der Waals surface area contributed by atoms with Gasteiger partial charge in [-0.15, -0.1) is 0 Å². The maximum absolute atomic E-state index is 6.73. The number of anilines is 3. The SMILES string of the molecule is CN1C(c2ccccc2)N=C(c2ccccc2)NC1c1cccc2c1Oc1cccc3c1N2c1ccccc1O3. The second-order valence-corrected chi connectivity index (χ2v) is 10.1. The number of nitrogens with one attached hydrogen (secondary N) is 1. The van der Waals surface area contributed by atoms with Crippen LogP contribution in [-0.2, 0) is 0 Å². The van der Waals surface area contributed by atoms with Crippen LogP contribution in [0.15, 0.2) is 126 Å². The summed E-state index contributed by atoms with van der Waals surface area (Å²) >= 11 is 0. The summed E-state index contributed by atoms with van der Waals surface area (Å²) in [6.45, 7) is 0. The molecule has 1 N–H and O–H groups in total. The maximum Gasteiger partial charge on any atom is 0.158 e. The van der Waals surface area contributed by atoms with Crippen LogP contribution in [0, 0.1) is 0 Å². The summed E-state index contributed by atoms with van der Waals surface area (Å²) in [5.74, 6) is 4.03. The first-order valence-electron chi connectivity index (χ1n) is 13.4. The molecule has 2 atom stereocenters. The normalized spacial score (nSPS) is 18.7. The highest BCUT2D eigenvalue weighted by Crippen LogP contribution is 2.60. The summed E-state index contributed by atoms with van der Waals surface area (Å²) in [5, 5.41) is 3.74. The minimum absolute atomic E-state index is 0.176. The Morgan fingerprint density at radius 3 is 2.12 bits per heavy atom. The van der Waals surface area contributed by atoms with E-state index in [2.05, 4.69) is 82.8 Å². The molecule has 0 saturated heterocycles. The van der Waals surface area contributed by atoms with Crippen molar-refractivity contribution in [2.75, 3.05) is 11.9 Å². The lowest BCUT2D eigenvalue weighted by Gasteiger charge is -2.42. The molecule has 0 amide bonds. The van der Waals surface area contributed by atoms with Gasteiger partial charge < -0.3 is 14.8 Å². The van der Waals surface area contributed by atoms with E-state index >= 15 is 0 Å². The maximum atomic E-state index is 6.73. The highest BCUT2D eigenvalue weighted by atomic mass is 16.5. The van der Waals surface area contributed by atoms with Gasteiger partial charge in [-0.3, -0.25) is 9.80 Å². The van der Waals surface area contributed by atoms with Gasteiger partial charge in [0.15, 0.2) is 23.0 Å². The minimum atomic E-state index is -0.200. The first-order valence-corrected chi connectivity index (χ1v) is 13.4. The molecule has 5 aromatic rings. The Balaban J connectivity index is 1.29. The molecule has 0 saturated carbocycles. The number of amidine groups is 1. The Kier molecular flexibility index (Phi) is 5.15. The molecule has 0 aromatic heterocycles. The molecule has 0 radical (unpaired) electrons. The Morgan fingerprint density at radius 2 is 1.30 bits per heavy atom. The predicted molar refractivity (Wildman–Crippen MR) is 157 cm³/mol. The van der Waals surface area contributed by atoms with Crippen molar-refractivity contribution >= 4 is 22.9 Å². The van der Waals surface area contributed by atoms with Crippen LogP contribution in [0.3, 0.4) is 0 Å². The zero-order chi connectivity index (χ0) is 26.6. The van der Waals surface area contributed by atoms with Gasteiger partial charge in [-0.25, -0.2) is 4.99 Å². The van der Waals surface area contributed by atoms with E-state index in [0.717, 1.165) is 62.6 Å². The number of ether oxygens (including phenoxy) is 2. The smallest absolute Gasteiger partial charge is 0.158 e. The molecule has 40 heavy (non-hydrogen) atoms. The van der Waals surface area contributed by atoms with Gasteiger partial charge in [0.2, 0.25) is 0 Å². The van der Waals surface area contributed by atoms with Crippen molar-refractivity contribution in [3.8, 4) is 23.0 Å². The van der Waals surface area contributed by atoms with E-state index in [0.29, 0.717) is 0 Å². The Bertz CT molecular complexity index is 1770. The lowest BCUT2D eigenvalue weighted by molar-refractivity contribution is 0.150. The van der Waals surface area contributed by atoms with Crippen LogP contribution in [0.1, 0.15) is 29.0 Å². The van der Waals surface area contributed by atoms with Crippen LogP contribution in [0.4, 0.5) is 17.1 Å². The molecular formula is C34H26N4O2. The summed E-state index contributed by atoms with van der Waals surface area (Å²) in [4.78, 5) is 9.70. The van der Waals surface area contributed by atoms with E-state index in [1.54, 1.807) is 0 Å². The number of hydrogen-bond donors (Lipinski definition) is 1. The molecule has 0 fully saturated rings. The zero-order valence-electron chi connectivity index (χ0n) is 21.9. The fraction of sp³-hybridized carbons (Fsp3) is 0.0882. The summed E-state index contributed by atoms with van der Waals surface area (Å²) in [6.07, 6.45) is -0.376. The monoisotopic (exact) mass is 522 g/mol. The van der Waals surface area contributed by atoms with E-state index < -0.39 is 0 Å². The first-order chi connectivity index (χ1) is 19.8. The van der Waals surface area contributed by atoms with Crippen molar-refractivity contribution in [1.29, 1.82) is 0 Å². The lowest BCUT2D eigenvalue weighted by Crippen LogP contribution is -2.46. The average Bonchev–Trinajstić information content (AvgIpc) is 3.02. The van der Waals surface area contributed by atoms with Gasteiger partial charge in [0.05, 0.1) is 11.4 Å². The van der Waals surface area contributed by atoms with Gasteiger partial charge in [0, 0.05) is 11.1 Å². The molecule has 3 aliphatic heterocycles. The van der Waals surface area contributed by atoms with Crippen molar-refractivity contribution in [3.63, 3.8) is 0 Å². The van der Waals surface area contributed by atoms with E-state index in [1.807, 2.05) is 60.7 Å². The predicted octanol–water partition coefficient (Wildman–Crippen LogP) is 8.05. The fourth-order valence-electron chi connectivity index (χ4n) is 5.87. The standard InChI is InChI=1S/C34H26N4O2/c1-37-33(23-14-6-3-7-15-23)35-32(22-12-4-2-5-13-22)36-34(37)24-16-10-18-26-31(24)40-29-21-11-20-28-30(29)38(26)25-17-8-9-19-27(25)39-28/h2-21,33-34H,1H3,(H,35,36). The van der Waals surface area contributed by atoms with Crippen molar-refractivity contribution in [2.45, 2.75) is 12.3 Å². The molecule has 194 valence electrons. The number of fused-ring (bicyclic) bond motifs is 4. The van der Waals surface area contributed by atoms with Gasteiger partial charge in [0.25, 0.3) is 0 Å². The third kappa shape index (κ3) is 3.50. The number of para-hydroxylation sites is 4. The lowest BCUT2D eigenvalue weighted by atomic mass is 10.0. The van der Waals surface area contributed by atoms with Gasteiger partial charge >= 0.3 is 0 Å². The minimum Gasteiger partial charge on any atom is -0.453 e. The van der Waals surface area contributed by atoms with Crippen molar-refractivity contribution < 1.29 is 9.47 Å². The van der Waals surface area contributed by atoms with Crippen LogP contribution in [0.2, 0.25) is 0 Å². The summed E-state index contributed by atoms with van der Waals surface area (Å²) in [6, 6.07) is 41.2. The van der Waals surface area contributed by atoms with Gasteiger partial charge in [-0.1, -0.05) is 91.0 Å². The van der Waals surface area contributed by atoms with Crippen LogP contribution >= 0.6 is 0 Å². The number of nitrogens with zero attached hydrogens (tertiary/aromatic N) is 3. The van der Waals surface area contributed by atoms with Gasteiger partial charge in [-0.05, 0) is 42.9 Å². The number of rotatable bonds is 3. The molecule has 0 spiro atoms. The average molecular weight is 523 g/mol. The number of benzene rings is 5. The summed E-state index contributed by atoms with van der Waals surface area (Å²) < 4.78 is 13.0. The Labute approximate surface area is 232 Å². The molecule has 3 heterocycles.